The normalized spacial score (nSPS) is 12.0. The highest BCUT2D eigenvalue weighted by Crippen LogP contribution is 2.22. The molecule has 0 saturated heterocycles. The number of carbonyl (C=O) groups is 1. The van der Waals surface area contributed by atoms with Crippen LogP contribution in [0.1, 0.15) is 54.9 Å². The molecule has 0 bridgehead atoms. The van der Waals surface area contributed by atoms with E-state index < -0.39 is 16.4 Å². The highest BCUT2D eigenvalue weighted by atomic mass is 16.6. The zero-order chi connectivity index (χ0) is 23.6. The van der Waals surface area contributed by atoms with Crippen LogP contribution in [0.2, 0.25) is 0 Å². The van der Waals surface area contributed by atoms with Crippen molar-refractivity contribution in [2.45, 2.75) is 40.0 Å². The van der Waals surface area contributed by atoms with Gasteiger partial charge in [-0.25, -0.2) is 10.1 Å². The number of benzene rings is 2. The summed E-state index contributed by atoms with van der Waals surface area (Å²) in [5.74, 6) is -0.392. The molecular formula is C23H25N5O4. The molecule has 0 aliphatic heterocycles. The average molecular weight is 435 g/mol. The maximum atomic E-state index is 12.9. The number of carbonyl (C=O) groups excluding carboxylic acids is 1. The molecule has 3 aromatic rings. The second-order valence-corrected chi connectivity index (χ2v) is 8.49. The molecule has 2 N–H and O–H groups in total. The second kappa shape index (κ2) is 8.62. The Morgan fingerprint density at radius 1 is 1.16 bits per heavy atom. The van der Waals surface area contributed by atoms with Gasteiger partial charge in [0, 0.05) is 23.4 Å². The number of nitrogens with zero attached hydrogens (tertiary/aromatic N) is 3. The third-order valence-electron chi connectivity index (χ3n) is 5.07. The number of aromatic amines is 1. The van der Waals surface area contributed by atoms with Crippen LogP contribution in [-0.4, -0.2) is 26.3 Å². The van der Waals surface area contributed by atoms with Crippen LogP contribution < -0.4 is 11.0 Å². The van der Waals surface area contributed by atoms with E-state index in [9.17, 15) is 19.7 Å². The van der Waals surface area contributed by atoms with E-state index >= 15 is 0 Å². The summed E-state index contributed by atoms with van der Waals surface area (Å²) in [6, 6.07) is 13.0. The Balaban J connectivity index is 1.84. The molecule has 1 aromatic heterocycles. The molecule has 0 atom stereocenters. The summed E-state index contributed by atoms with van der Waals surface area (Å²) in [6.45, 7) is 9.58. The number of nitrogens with one attached hydrogen (secondary N) is 2. The van der Waals surface area contributed by atoms with Gasteiger partial charge in [-0.15, -0.1) is 0 Å². The molecule has 0 aliphatic rings. The summed E-state index contributed by atoms with van der Waals surface area (Å²) < 4.78 is 1.21. The number of amides is 1. The molecule has 9 nitrogen and oxygen atoms in total. The minimum Gasteiger partial charge on any atom is -0.295 e. The summed E-state index contributed by atoms with van der Waals surface area (Å²) in [7, 11) is 0. The molecule has 2 aromatic carbocycles. The Morgan fingerprint density at radius 3 is 2.41 bits per heavy atom. The van der Waals surface area contributed by atoms with E-state index in [0.717, 1.165) is 5.56 Å². The van der Waals surface area contributed by atoms with Crippen molar-refractivity contribution in [1.82, 2.24) is 15.2 Å². The van der Waals surface area contributed by atoms with Gasteiger partial charge in [-0.1, -0.05) is 39.0 Å². The maximum absolute atomic E-state index is 12.9. The van der Waals surface area contributed by atoms with Crippen molar-refractivity contribution in [3.63, 3.8) is 0 Å². The summed E-state index contributed by atoms with van der Waals surface area (Å²) >= 11 is 0. The largest absolute Gasteiger partial charge is 0.295 e. The number of aromatic nitrogens is 2. The Morgan fingerprint density at radius 2 is 1.81 bits per heavy atom. The molecule has 0 radical (unpaired) electrons. The standard InChI is InChI=1S/C23H25N5O4/c1-14(24-25-21(29)16-9-11-17(12-10-16)23(3,4)5)20-15(2)26-27(22(20)30)18-7-6-8-19(13-18)28(31)32/h6-13,26H,1-5H3,(H,25,29). The third kappa shape index (κ3) is 4.66. The molecule has 0 saturated carbocycles. The van der Waals surface area contributed by atoms with E-state index in [-0.39, 0.29) is 16.7 Å². The molecular weight excluding hydrogens is 410 g/mol. The van der Waals surface area contributed by atoms with Crippen LogP contribution in [0.25, 0.3) is 5.69 Å². The number of hydrogen-bond acceptors (Lipinski definition) is 5. The summed E-state index contributed by atoms with van der Waals surface area (Å²) in [6.07, 6.45) is 0. The molecule has 1 amide bonds. The fourth-order valence-electron chi connectivity index (χ4n) is 3.28. The first-order valence-electron chi connectivity index (χ1n) is 10.0. The van der Waals surface area contributed by atoms with Gasteiger partial charge in [-0.3, -0.25) is 24.8 Å². The van der Waals surface area contributed by atoms with Crippen molar-refractivity contribution >= 4 is 17.3 Å². The first-order chi connectivity index (χ1) is 15.0. The van der Waals surface area contributed by atoms with Gasteiger partial charge in [0.1, 0.15) is 0 Å². The van der Waals surface area contributed by atoms with E-state index in [4.69, 9.17) is 0 Å². The number of hydrazone groups is 1. The molecule has 0 spiro atoms. The van der Waals surface area contributed by atoms with E-state index in [2.05, 4.69) is 36.4 Å². The van der Waals surface area contributed by atoms with E-state index in [0.29, 0.717) is 22.7 Å². The second-order valence-electron chi connectivity index (χ2n) is 8.49. The Kier molecular flexibility index (Phi) is 6.11. The number of non-ortho nitro benzene ring substituents is 1. The number of rotatable bonds is 5. The first kappa shape index (κ1) is 22.7. The fourth-order valence-corrected chi connectivity index (χ4v) is 3.28. The van der Waals surface area contributed by atoms with Crippen LogP contribution in [-0.2, 0) is 5.41 Å². The number of hydrogen-bond donors (Lipinski definition) is 2. The highest BCUT2D eigenvalue weighted by Gasteiger charge is 2.18. The Bertz CT molecular complexity index is 1260. The van der Waals surface area contributed by atoms with Gasteiger partial charge in [-0.2, -0.15) is 5.10 Å². The maximum Gasteiger partial charge on any atom is 0.280 e. The van der Waals surface area contributed by atoms with Crippen LogP contribution in [0, 0.1) is 17.0 Å². The topological polar surface area (TPSA) is 122 Å². The van der Waals surface area contributed by atoms with Gasteiger partial charge in [-0.05, 0) is 43.0 Å². The van der Waals surface area contributed by atoms with Crippen LogP contribution in [0.15, 0.2) is 58.4 Å². The van der Waals surface area contributed by atoms with E-state index in [1.807, 2.05) is 12.1 Å². The average Bonchev–Trinajstić information content (AvgIpc) is 3.05. The minimum absolute atomic E-state index is 0.0192. The molecule has 1 heterocycles. The van der Waals surface area contributed by atoms with Crippen molar-refractivity contribution in [2.24, 2.45) is 5.10 Å². The number of nitro groups is 1. The predicted molar refractivity (Wildman–Crippen MR) is 123 cm³/mol. The zero-order valence-corrected chi connectivity index (χ0v) is 18.6. The van der Waals surface area contributed by atoms with Crippen molar-refractivity contribution < 1.29 is 9.72 Å². The molecule has 0 fully saturated rings. The summed E-state index contributed by atoms with van der Waals surface area (Å²) in [4.78, 5) is 35.9. The highest BCUT2D eigenvalue weighted by molar-refractivity contribution is 6.01. The van der Waals surface area contributed by atoms with Crippen molar-refractivity contribution in [1.29, 1.82) is 0 Å². The lowest BCUT2D eigenvalue weighted by atomic mass is 9.87. The van der Waals surface area contributed by atoms with E-state index in [1.54, 1.807) is 32.0 Å². The molecule has 166 valence electrons. The van der Waals surface area contributed by atoms with Gasteiger partial charge in [0.05, 0.1) is 21.9 Å². The quantitative estimate of drug-likeness (QED) is 0.359. The monoisotopic (exact) mass is 435 g/mol. The van der Waals surface area contributed by atoms with Crippen LogP contribution >= 0.6 is 0 Å². The lowest BCUT2D eigenvalue weighted by molar-refractivity contribution is -0.384. The van der Waals surface area contributed by atoms with Crippen molar-refractivity contribution in [3.05, 3.63) is 91.4 Å². The molecule has 0 aliphatic carbocycles. The first-order valence-corrected chi connectivity index (χ1v) is 10.0. The Hall–Kier alpha value is -4.01. The number of nitro benzene ring substituents is 1. The molecule has 3 rings (SSSR count). The van der Waals surface area contributed by atoms with Crippen LogP contribution in [0.4, 0.5) is 5.69 Å². The van der Waals surface area contributed by atoms with Crippen LogP contribution in [0.5, 0.6) is 0 Å². The molecule has 0 unspecified atom stereocenters. The molecule has 32 heavy (non-hydrogen) atoms. The number of H-pyrrole nitrogens is 1. The molecule has 9 heteroatoms. The lowest BCUT2D eigenvalue weighted by Gasteiger charge is -2.18. The van der Waals surface area contributed by atoms with Gasteiger partial charge in [0.15, 0.2) is 0 Å². The van der Waals surface area contributed by atoms with Crippen molar-refractivity contribution in [3.8, 4) is 5.69 Å². The summed E-state index contributed by atoms with van der Waals surface area (Å²) in [5.41, 5.74) is 4.91. The SMILES string of the molecule is CC(=NNC(=O)c1ccc(C(C)(C)C)cc1)c1c(C)[nH]n(-c2cccc([N+](=O)[O-])c2)c1=O. The van der Waals surface area contributed by atoms with Crippen LogP contribution in [0.3, 0.4) is 0 Å². The minimum atomic E-state index is -0.526. The lowest BCUT2D eigenvalue weighted by Crippen LogP contribution is -2.23. The van der Waals surface area contributed by atoms with Gasteiger partial charge in [0.25, 0.3) is 17.2 Å². The zero-order valence-electron chi connectivity index (χ0n) is 18.6. The smallest absolute Gasteiger partial charge is 0.280 e. The van der Waals surface area contributed by atoms with Gasteiger partial charge >= 0.3 is 0 Å². The third-order valence-corrected chi connectivity index (χ3v) is 5.07. The summed E-state index contributed by atoms with van der Waals surface area (Å²) in [5, 5.41) is 18.0. The number of aryl methyl sites for hydroxylation is 1. The van der Waals surface area contributed by atoms with Gasteiger partial charge in [0.2, 0.25) is 0 Å². The Labute approximate surface area is 184 Å². The fraction of sp³-hybridized carbons (Fsp3) is 0.261. The van der Waals surface area contributed by atoms with Crippen molar-refractivity contribution in [2.75, 3.05) is 0 Å². The predicted octanol–water partition coefficient (Wildman–Crippen LogP) is 3.83. The van der Waals surface area contributed by atoms with E-state index in [1.165, 1.54) is 22.9 Å². The van der Waals surface area contributed by atoms with Gasteiger partial charge < -0.3 is 0 Å².